The van der Waals surface area contributed by atoms with Crippen molar-refractivity contribution in [2.75, 3.05) is 18.5 Å². The first kappa shape index (κ1) is 19.3. The predicted molar refractivity (Wildman–Crippen MR) is 107 cm³/mol. The zero-order valence-corrected chi connectivity index (χ0v) is 16.7. The summed E-state index contributed by atoms with van der Waals surface area (Å²) in [5.41, 5.74) is 2.18. The molecule has 2 amide bonds. The Kier molecular flexibility index (Phi) is 5.73. The van der Waals surface area contributed by atoms with E-state index >= 15 is 0 Å². The highest BCUT2D eigenvalue weighted by molar-refractivity contribution is 5.74. The van der Waals surface area contributed by atoms with Gasteiger partial charge in [0.1, 0.15) is 0 Å². The van der Waals surface area contributed by atoms with Crippen molar-refractivity contribution >= 4 is 11.7 Å². The number of nitrogens with zero attached hydrogens (tertiary/aromatic N) is 2. The molecule has 0 bridgehead atoms. The quantitative estimate of drug-likeness (QED) is 0.781. The first-order valence-corrected chi connectivity index (χ1v) is 9.65. The molecular formula is C21H30N4O2. The number of rotatable bonds is 7. The normalized spacial score (nSPS) is 20.6. The number of nitrogens with one attached hydrogen (secondary N) is 2. The molecule has 146 valence electrons. The van der Waals surface area contributed by atoms with Gasteiger partial charge in [0.25, 0.3) is 0 Å². The second kappa shape index (κ2) is 8.03. The monoisotopic (exact) mass is 370 g/mol. The van der Waals surface area contributed by atoms with E-state index in [0.29, 0.717) is 19.0 Å². The van der Waals surface area contributed by atoms with Crippen molar-refractivity contribution in [2.24, 2.45) is 11.3 Å². The van der Waals surface area contributed by atoms with E-state index in [9.17, 15) is 4.79 Å². The summed E-state index contributed by atoms with van der Waals surface area (Å²) in [7, 11) is 2.05. The molecule has 2 unspecified atom stereocenters. The maximum absolute atomic E-state index is 11.8. The second-order valence-corrected chi connectivity index (χ2v) is 7.99. The maximum atomic E-state index is 11.8. The van der Waals surface area contributed by atoms with Crippen LogP contribution in [-0.4, -0.2) is 30.8 Å². The van der Waals surface area contributed by atoms with E-state index in [0.717, 1.165) is 30.0 Å². The number of carbonyl (C=O) groups is 1. The SMILES string of the molecule is CCNC(=O)NC1CC(Cc2cc(CN(C)c3ccccc3)on2)C1(C)C. The third-order valence-corrected chi connectivity index (χ3v) is 5.77. The number of aromatic nitrogens is 1. The topological polar surface area (TPSA) is 70.4 Å². The molecule has 0 spiro atoms. The van der Waals surface area contributed by atoms with Crippen LogP contribution in [0.3, 0.4) is 0 Å². The van der Waals surface area contributed by atoms with Gasteiger partial charge in [-0.15, -0.1) is 0 Å². The van der Waals surface area contributed by atoms with Crippen molar-refractivity contribution in [3.05, 3.63) is 47.9 Å². The Balaban J connectivity index is 1.53. The van der Waals surface area contributed by atoms with Gasteiger partial charge in [0, 0.05) is 31.4 Å². The van der Waals surface area contributed by atoms with Crippen molar-refractivity contribution in [3.63, 3.8) is 0 Å². The standard InChI is InChI=1S/C21H30N4O2/c1-5-22-20(26)23-19-12-15(21(19,2)3)11-16-13-18(27-24-16)14-25(4)17-9-7-6-8-10-17/h6-10,13,15,19H,5,11-12,14H2,1-4H3,(H2,22,23,26). The van der Waals surface area contributed by atoms with E-state index in [1.165, 1.54) is 0 Å². The van der Waals surface area contributed by atoms with Gasteiger partial charge in [-0.1, -0.05) is 37.2 Å². The van der Waals surface area contributed by atoms with Gasteiger partial charge in [-0.3, -0.25) is 0 Å². The molecule has 1 heterocycles. The Morgan fingerprint density at radius 3 is 2.74 bits per heavy atom. The number of hydrogen-bond acceptors (Lipinski definition) is 4. The van der Waals surface area contributed by atoms with Crippen LogP contribution in [0.4, 0.5) is 10.5 Å². The number of benzene rings is 1. The first-order valence-electron chi connectivity index (χ1n) is 9.65. The third-order valence-electron chi connectivity index (χ3n) is 5.77. The summed E-state index contributed by atoms with van der Waals surface area (Å²) >= 11 is 0. The third kappa shape index (κ3) is 4.43. The average Bonchev–Trinajstić information content (AvgIpc) is 3.09. The summed E-state index contributed by atoms with van der Waals surface area (Å²) in [5.74, 6) is 1.35. The summed E-state index contributed by atoms with van der Waals surface area (Å²) < 4.78 is 5.55. The van der Waals surface area contributed by atoms with Gasteiger partial charge in [-0.25, -0.2) is 4.79 Å². The molecule has 1 aromatic carbocycles. The fourth-order valence-electron chi connectivity index (χ4n) is 3.76. The van der Waals surface area contributed by atoms with Crippen molar-refractivity contribution < 1.29 is 9.32 Å². The molecule has 0 saturated heterocycles. The second-order valence-electron chi connectivity index (χ2n) is 7.99. The minimum atomic E-state index is -0.0818. The molecule has 1 fully saturated rings. The zero-order chi connectivity index (χ0) is 19.4. The molecular weight excluding hydrogens is 340 g/mol. The highest BCUT2D eigenvalue weighted by Crippen LogP contribution is 2.47. The molecule has 1 aliphatic rings. The number of anilines is 1. The minimum Gasteiger partial charge on any atom is -0.367 e. The molecule has 0 radical (unpaired) electrons. The van der Waals surface area contributed by atoms with Gasteiger partial charge < -0.3 is 20.1 Å². The maximum Gasteiger partial charge on any atom is 0.315 e. The van der Waals surface area contributed by atoms with Crippen LogP contribution in [0.25, 0.3) is 0 Å². The highest BCUT2D eigenvalue weighted by Gasteiger charge is 2.48. The number of para-hydroxylation sites is 1. The van der Waals surface area contributed by atoms with Crippen LogP contribution in [0.5, 0.6) is 0 Å². The molecule has 0 aliphatic heterocycles. The van der Waals surface area contributed by atoms with Gasteiger partial charge >= 0.3 is 6.03 Å². The van der Waals surface area contributed by atoms with E-state index in [-0.39, 0.29) is 17.5 Å². The lowest BCUT2D eigenvalue weighted by Gasteiger charge is -2.52. The van der Waals surface area contributed by atoms with Gasteiger partial charge in [0.05, 0.1) is 12.2 Å². The summed E-state index contributed by atoms with van der Waals surface area (Å²) in [5, 5.41) is 10.1. The lowest BCUT2D eigenvalue weighted by molar-refractivity contribution is 0.0201. The molecule has 2 N–H and O–H groups in total. The van der Waals surface area contributed by atoms with E-state index in [4.69, 9.17) is 4.52 Å². The van der Waals surface area contributed by atoms with Crippen molar-refractivity contribution in [1.82, 2.24) is 15.8 Å². The van der Waals surface area contributed by atoms with E-state index < -0.39 is 0 Å². The van der Waals surface area contributed by atoms with E-state index in [1.807, 2.05) is 32.2 Å². The van der Waals surface area contributed by atoms with Crippen LogP contribution in [0.1, 0.15) is 38.6 Å². The van der Waals surface area contributed by atoms with Crippen LogP contribution in [-0.2, 0) is 13.0 Å². The van der Waals surface area contributed by atoms with Gasteiger partial charge in [0.15, 0.2) is 5.76 Å². The Morgan fingerprint density at radius 2 is 2.07 bits per heavy atom. The molecule has 2 aromatic rings. The Bertz CT molecular complexity index is 757. The number of urea groups is 1. The predicted octanol–water partition coefficient (Wildman–Crippen LogP) is 3.59. The molecule has 6 heteroatoms. The number of carbonyl (C=O) groups excluding carboxylic acids is 1. The fraction of sp³-hybridized carbons (Fsp3) is 0.524. The van der Waals surface area contributed by atoms with Crippen LogP contribution >= 0.6 is 0 Å². The summed E-state index contributed by atoms with van der Waals surface area (Å²) in [6.45, 7) is 7.67. The Labute approximate surface area is 161 Å². The summed E-state index contributed by atoms with van der Waals surface area (Å²) in [6.07, 6.45) is 1.84. The lowest BCUT2D eigenvalue weighted by atomic mass is 9.57. The lowest BCUT2D eigenvalue weighted by Crippen LogP contribution is -2.60. The van der Waals surface area contributed by atoms with Crippen molar-refractivity contribution in [2.45, 2.75) is 46.2 Å². The smallest absolute Gasteiger partial charge is 0.315 e. The van der Waals surface area contributed by atoms with E-state index in [1.54, 1.807) is 0 Å². The first-order chi connectivity index (χ1) is 12.9. The molecule has 1 aromatic heterocycles. The Hall–Kier alpha value is -2.50. The molecule has 1 saturated carbocycles. The summed E-state index contributed by atoms with van der Waals surface area (Å²) in [6, 6.07) is 12.4. The minimum absolute atomic E-state index is 0.0467. The average molecular weight is 370 g/mol. The molecule has 2 atom stereocenters. The van der Waals surface area contributed by atoms with E-state index in [2.05, 4.69) is 52.7 Å². The molecule has 27 heavy (non-hydrogen) atoms. The van der Waals surface area contributed by atoms with Crippen LogP contribution in [0.2, 0.25) is 0 Å². The van der Waals surface area contributed by atoms with Crippen LogP contribution in [0.15, 0.2) is 40.9 Å². The number of amides is 2. The van der Waals surface area contributed by atoms with Crippen LogP contribution in [0, 0.1) is 11.3 Å². The zero-order valence-electron chi connectivity index (χ0n) is 16.7. The molecule has 3 rings (SSSR count). The fourth-order valence-corrected chi connectivity index (χ4v) is 3.76. The number of hydrogen-bond donors (Lipinski definition) is 2. The van der Waals surface area contributed by atoms with Crippen molar-refractivity contribution in [3.8, 4) is 0 Å². The Morgan fingerprint density at radius 1 is 1.33 bits per heavy atom. The molecule has 6 nitrogen and oxygen atoms in total. The highest BCUT2D eigenvalue weighted by atomic mass is 16.5. The van der Waals surface area contributed by atoms with Gasteiger partial charge in [0.2, 0.25) is 0 Å². The van der Waals surface area contributed by atoms with Gasteiger partial charge in [-0.2, -0.15) is 0 Å². The largest absolute Gasteiger partial charge is 0.367 e. The van der Waals surface area contributed by atoms with Gasteiger partial charge in [-0.05, 0) is 43.2 Å². The van der Waals surface area contributed by atoms with Crippen molar-refractivity contribution in [1.29, 1.82) is 0 Å². The summed E-state index contributed by atoms with van der Waals surface area (Å²) in [4.78, 5) is 13.9. The molecule has 1 aliphatic carbocycles. The van der Waals surface area contributed by atoms with Crippen LogP contribution < -0.4 is 15.5 Å².